The van der Waals surface area contributed by atoms with Crippen molar-refractivity contribution < 1.29 is 0 Å². The van der Waals surface area contributed by atoms with Crippen molar-refractivity contribution in [1.29, 1.82) is 0 Å². The molecule has 0 amide bonds. The van der Waals surface area contributed by atoms with E-state index < -0.39 is 11.2 Å². The Hall–Kier alpha value is -1.81. The summed E-state index contributed by atoms with van der Waals surface area (Å²) >= 11 is 5.67. The van der Waals surface area contributed by atoms with E-state index in [9.17, 15) is 9.59 Å². The minimum Gasteiger partial charge on any atom is -0.295 e. The van der Waals surface area contributed by atoms with E-state index in [2.05, 4.69) is 4.98 Å². The summed E-state index contributed by atoms with van der Waals surface area (Å²) in [6, 6.07) is 7.79. The van der Waals surface area contributed by atoms with E-state index in [1.54, 1.807) is 0 Å². The zero-order chi connectivity index (χ0) is 12.4. The average molecular weight is 251 g/mol. The number of hydrogen-bond acceptors (Lipinski definition) is 2. The fourth-order valence-electron chi connectivity index (χ4n) is 1.49. The van der Waals surface area contributed by atoms with Crippen LogP contribution in [0, 0.1) is 6.92 Å². The maximum absolute atomic E-state index is 11.5. The first-order valence-electron chi connectivity index (χ1n) is 5.11. The highest BCUT2D eigenvalue weighted by Crippen LogP contribution is 2.05. The second-order valence-electron chi connectivity index (χ2n) is 3.85. The van der Waals surface area contributed by atoms with Gasteiger partial charge in [-0.25, -0.2) is 4.79 Å². The zero-order valence-corrected chi connectivity index (χ0v) is 9.99. The first-order valence-corrected chi connectivity index (χ1v) is 5.49. The minimum atomic E-state index is -0.558. The molecule has 1 aromatic heterocycles. The van der Waals surface area contributed by atoms with Gasteiger partial charge in [-0.05, 0) is 12.5 Å². The average Bonchev–Trinajstić information content (AvgIpc) is 2.29. The Kier molecular flexibility index (Phi) is 3.15. The van der Waals surface area contributed by atoms with E-state index in [4.69, 9.17) is 11.6 Å². The Morgan fingerprint density at radius 1 is 1.24 bits per heavy atom. The van der Waals surface area contributed by atoms with E-state index in [1.165, 1.54) is 10.8 Å². The predicted octanol–water partition coefficient (Wildman–Crippen LogP) is 1.55. The van der Waals surface area contributed by atoms with Gasteiger partial charge in [0.15, 0.2) is 0 Å². The Morgan fingerprint density at radius 3 is 2.53 bits per heavy atom. The summed E-state index contributed by atoms with van der Waals surface area (Å²) in [7, 11) is 0. The highest BCUT2D eigenvalue weighted by Gasteiger charge is 2.02. The summed E-state index contributed by atoms with van der Waals surface area (Å²) in [5.41, 5.74) is 1.11. The van der Waals surface area contributed by atoms with E-state index in [-0.39, 0.29) is 5.02 Å². The predicted molar refractivity (Wildman–Crippen MR) is 66.6 cm³/mol. The van der Waals surface area contributed by atoms with Crippen LogP contribution in [0.15, 0.2) is 40.1 Å². The van der Waals surface area contributed by atoms with Crippen LogP contribution >= 0.6 is 11.6 Å². The summed E-state index contributed by atoms with van der Waals surface area (Å²) in [6.07, 6.45) is 1.35. The SMILES string of the molecule is Cc1ccc(Cn2cc(Cl)c(=O)[nH]c2=O)cc1. The molecule has 0 aliphatic heterocycles. The normalized spacial score (nSPS) is 10.5. The van der Waals surface area contributed by atoms with Gasteiger partial charge in [-0.15, -0.1) is 0 Å². The highest BCUT2D eigenvalue weighted by atomic mass is 35.5. The summed E-state index contributed by atoms with van der Waals surface area (Å²) in [6.45, 7) is 2.38. The first-order chi connectivity index (χ1) is 8.06. The van der Waals surface area contributed by atoms with Gasteiger partial charge < -0.3 is 0 Å². The van der Waals surface area contributed by atoms with Gasteiger partial charge in [-0.3, -0.25) is 14.3 Å². The summed E-state index contributed by atoms with van der Waals surface area (Å²) in [5, 5.41) is 0.0108. The molecule has 0 atom stereocenters. The van der Waals surface area contributed by atoms with E-state index >= 15 is 0 Å². The summed E-state index contributed by atoms with van der Waals surface area (Å²) in [5.74, 6) is 0. The second kappa shape index (κ2) is 4.59. The number of H-pyrrole nitrogens is 1. The van der Waals surface area contributed by atoms with Gasteiger partial charge in [-0.1, -0.05) is 41.4 Å². The molecule has 17 heavy (non-hydrogen) atoms. The zero-order valence-electron chi connectivity index (χ0n) is 9.24. The lowest BCUT2D eigenvalue weighted by molar-refractivity contribution is 0.720. The van der Waals surface area contributed by atoms with Crippen molar-refractivity contribution in [2.75, 3.05) is 0 Å². The smallest absolute Gasteiger partial charge is 0.295 e. The number of hydrogen-bond donors (Lipinski definition) is 1. The lowest BCUT2D eigenvalue weighted by atomic mass is 10.1. The van der Waals surface area contributed by atoms with E-state index in [1.807, 2.05) is 31.2 Å². The maximum atomic E-state index is 11.5. The maximum Gasteiger partial charge on any atom is 0.328 e. The van der Waals surface area contributed by atoms with Crippen LogP contribution in [0.2, 0.25) is 5.02 Å². The van der Waals surface area contributed by atoms with Crippen LogP contribution in [-0.4, -0.2) is 9.55 Å². The van der Waals surface area contributed by atoms with Gasteiger partial charge in [0.25, 0.3) is 5.56 Å². The molecule has 0 fully saturated rings. The Labute approximate surface area is 102 Å². The third kappa shape index (κ3) is 2.65. The van der Waals surface area contributed by atoms with Gasteiger partial charge >= 0.3 is 5.69 Å². The van der Waals surface area contributed by atoms with Crippen LogP contribution < -0.4 is 11.2 Å². The van der Waals surface area contributed by atoms with E-state index in [0.29, 0.717) is 6.54 Å². The van der Waals surface area contributed by atoms with Gasteiger partial charge in [0.05, 0.1) is 6.54 Å². The summed E-state index contributed by atoms with van der Waals surface area (Å²) in [4.78, 5) is 24.8. The number of nitrogens with one attached hydrogen (secondary N) is 1. The molecule has 0 aliphatic rings. The lowest BCUT2D eigenvalue weighted by Crippen LogP contribution is -2.29. The fraction of sp³-hybridized carbons (Fsp3) is 0.167. The fourth-order valence-corrected chi connectivity index (χ4v) is 1.66. The van der Waals surface area contributed by atoms with Crippen LogP contribution in [-0.2, 0) is 6.54 Å². The molecule has 1 N–H and O–H groups in total. The molecule has 0 unspecified atom stereocenters. The van der Waals surface area contributed by atoms with Crippen LogP contribution in [0.1, 0.15) is 11.1 Å². The van der Waals surface area contributed by atoms with Crippen LogP contribution in [0.25, 0.3) is 0 Å². The number of aromatic nitrogens is 2. The molecule has 4 nitrogen and oxygen atoms in total. The molecule has 2 rings (SSSR count). The van der Waals surface area contributed by atoms with Crippen LogP contribution in [0.3, 0.4) is 0 Å². The van der Waals surface area contributed by atoms with Gasteiger partial charge in [0.2, 0.25) is 0 Å². The van der Waals surface area contributed by atoms with Crippen molar-refractivity contribution in [2.24, 2.45) is 0 Å². The molecule has 0 aliphatic carbocycles. The molecule has 1 heterocycles. The largest absolute Gasteiger partial charge is 0.328 e. The Bertz CT molecular complexity index is 641. The molecule has 88 valence electrons. The first kappa shape index (κ1) is 11.7. The Morgan fingerprint density at radius 2 is 1.88 bits per heavy atom. The van der Waals surface area contributed by atoms with Gasteiger partial charge in [-0.2, -0.15) is 0 Å². The van der Waals surface area contributed by atoms with Crippen LogP contribution in [0.4, 0.5) is 0 Å². The molecule has 0 bridgehead atoms. The standard InChI is InChI=1S/C12H11ClN2O2/c1-8-2-4-9(5-3-8)6-15-7-10(13)11(16)14-12(15)17/h2-5,7H,6H2,1H3,(H,14,16,17). The van der Waals surface area contributed by atoms with Crippen molar-refractivity contribution in [2.45, 2.75) is 13.5 Å². The van der Waals surface area contributed by atoms with Crippen molar-refractivity contribution in [3.05, 3.63) is 67.4 Å². The number of aryl methyl sites for hydroxylation is 1. The van der Waals surface area contributed by atoms with Crippen LogP contribution in [0.5, 0.6) is 0 Å². The third-order valence-corrected chi connectivity index (χ3v) is 2.71. The molecule has 0 spiro atoms. The van der Waals surface area contributed by atoms with Crippen molar-refractivity contribution in [1.82, 2.24) is 9.55 Å². The molecule has 1 aromatic carbocycles. The molecular formula is C12H11ClN2O2. The topological polar surface area (TPSA) is 54.9 Å². The van der Waals surface area contributed by atoms with Gasteiger partial charge in [0, 0.05) is 6.20 Å². The monoisotopic (exact) mass is 250 g/mol. The molecule has 5 heteroatoms. The van der Waals surface area contributed by atoms with E-state index in [0.717, 1.165) is 11.1 Å². The Balaban J connectivity index is 2.36. The number of halogens is 1. The lowest BCUT2D eigenvalue weighted by Gasteiger charge is -2.05. The quantitative estimate of drug-likeness (QED) is 0.879. The number of rotatable bonds is 2. The molecule has 0 saturated carbocycles. The number of benzene rings is 1. The van der Waals surface area contributed by atoms with Crippen molar-refractivity contribution in [3.8, 4) is 0 Å². The number of aromatic amines is 1. The minimum absolute atomic E-state index is 0.0108. The molecule has 0 saturated heterocycles. The van der Waals surface area contributed by atoms with Crippen molar-refractivity contribution >= 4 is 11.6 Å². The third-order valence-electron chi connectivity index (χ3n) is 2.44. The molecular weight excluding hydrogens is 240 g/mol. The molecule has 2 aromatic rings. The highest BCUT2D eigenvalue weighted by molar-refractivity contribution is 6.30. The number of nitrogens with zero attached hydrogens (tertiary/aromatic N) is 1. The summed E-state index contributed by atoms with van der Waals surface area (Å²) < 4.78 is 1.37. The molecule has 0 radical (unpaired) electrons. The van der Waals surface area contributed by atoms with Crippen molar-refractivity contribution in [3.63, 3.8) is 0 Å². The van der Waals surface area contributed by atoms with Gasteiger partial charge in [0.1, 0.15) is 5.02 Å². The second-order valence-corrected chi connectivity index (χ2v) is 4.26.